The van der Waals surface area contributed by atoms with Crippen LogP contribution < -0.4 is 14.8 Å². The molecule has 0 bridgehead atoms. The zero-order chi connectivity index (χ0) is 29.2. The monoisotopic (exact) mass is 725 g/mol. The van der Waals surface area contributed by atoms with E-state index in [0.29, 0.717) is 43.3 Å². The van der Waals surface area contributed by atoms with E-state index < -0.39 is 11.7 Å². The highest BCUT2D eigenvalue weighted by Crippen LogP contribution is 2.48. The minimum absolute atomic E-state index is 0.0396. The van der Waals surface area contributed by atoms with Crippen molar-refractivity contribution in [2.45, 2.75) is 58.8 Å². The molecule has 0 radical (unpaired) electrons. The zero-order valence-electron chi connectivity index (χ0n) is 23.8. The van der Waals surface area contributed by atoms with Gasteiger partial charge in [-0.2, -0.15) is 0 Å². The van der Waals surface area contributed by atoms with E-state index in [4.69, 9.17) is 19.2 Å². The molecule has 1 unspecified atom stereocenters. The van der Waals surface area contributed by atoms with Crippen molar-refractivity contribution >= 4 is 61.2 Å². The molecule has 1 aliphatic rings. The summed E-state index contributed by atoms with van der Waals surface area (Å²) < 4.78 is 20.3. The van der Waals surface area contributed by atoms with Gasteiger partial charge in [0.1, 0.15) is 17.7 Å². The molecule has 3 aromatic rings. The molecule has 8 nitrogen and oxygen atoms in total. The van der Waals surface area contributed by atoms with Gasteiger partial charge in [0.2, 0.25) is 5.88 Å². The molecule has 10 heteroatoms. The van der Waals surface area contributed by atoms with Gasteiger partial charge >= 0.3 is 6.09 Å². The molecule has 4 rings (SSSR count). The first-order valence-electron chi connectivity index (χ1n) is 13.3. The fraction of sp³-hybridized carbons (Fsp3) is 0.467. The highest BCUT2D eigenvalue weighted by Gasteiger charge is 2.42. The number of amides is 1. The number of likely N-dealkylation sites (tertiary alicyclic amines) is 1. The number of nitrogens with one attached hydrogen (secondary N) is 1. The molecule has 40 heavy (non-hydrogen) atoms. The third-order valence-electron chi connectivity index (χ3n) is 7.68. The molecule has 1 amide bonds. The number of methoxy groups -OCH3 is 1. The van der Waals surface area contributed by atoms with Crippen LogP contribution in [0.4, 0.5) is 10.5 Å². The van der Waals surface area contributed by atoms with Gasteiger partial charge in [0.25, 0.3) is 0 Å². The van der Waals surface area contributed by atoms with Crippen LogP contribution in [0, 0.1) is 8.99 Å². The van der Waals surface area contributed by atoms with Crippen molar-refractivity contribution in [3.8, 4) is 11.6 Å². The third-order valence-corrected chi connectivity index (χ3v) is 10.1. The van der Waals surface area contributed by atoms with E-state index in [0.717, 1.165) is 24.7 Å². The number of nitrogens with zero attached hydrogens (tertiary/aromatic N) is 2. The number of fused-ring (bicyclic) bond motifs is 1. The van der Waals surface area contributed by atoms with Crippen LogP contribution >= 0.6 is 38.5 Å². The molecule has 2 heterocycles. The summed E-state index contributed by atoms with van der Waals surface area (Å²) in [5, 5.41) is 13.9. The topological polar surface area (TPSA) is 93.2 Å². The van der Waals surface area contributed by atoms with Gasteiger partial charge in [-0.1, -0.05) is 51.1 Å². The quantitative estimate of drug-likeness (QED) is 0.221. The molecule has 216 valence electrons. The maximum atomic E-state index is 11.5. The van der Waals surface area contributed by atoms with Crippen molar-refractivity contribution in [1.29, 1.82) is 0 Å². The molecule has 2 N–H and O–H groups in total. The molecule has 1 fully saturated rings. The Morgan fingerprint density at radius 3 is 2.55 bits per heavy atom. The maximum absolute atomic E-state index is 11.5. The van der Waals surface area contributed by atoms with Crippen molar-refractivity contribution in [1.82, 2.24) is 9.88 Å². The van der Waals surface area contributed by atoms with Gasteiger partial charge in [-0.25, -0.2) is 9.78 Å². The van der Waals surface area contributed by atoms with E-state index >= 15 is 0 Å². The van der Waals surface area contributed by atoms with Crippen molar-refractivity contribution in [3.63, 3.8) is 0 Å². The minimum Gasteiger partial charge on any atom is -0.479 e. The number of hydrogen-bond donors (Lipinski definition) is 2. The zero-order valence-corrected chi connectivity index (χ0v) is 27.5. The van der Waals surface area contributed by atoms with E-state index in [2.05, 4.69) is 89.7 Å². The van der Waals surface area contributed by atoms with E-state index in [1.807, 2.05) is 31.2 Å². The predicted octanol–water partition coefficient (Wildman–Crippen LogP) is 7.52. The minimum atomic E-state index is -0.905. The Morgan fingerprint density at radius 2 is 1.95 bits per heavy atom. The fourth-order valence-electron chi connectivity index (χ4n) is 4.69. The summed E-state index contributed by atoms with van der Waals surface area (Å²) in [6, 6.07) is 14.1. The van der Waals surface area contributed by atoms with Crippen LogP contribution in [0.2, 0.25) is 0 Å². The molecular weight excluding hydrogens is 689 g/mol. The third kappa shape index (κ3) is 6.44. The molecule has 3 atom stereocenters. The molecule has 0 saturated carbocycles. The number of rotatable bonds is 9. The number of benzene rings is 2. The first-order chi connectivity index (χ1) is 18.8. The average molecular weight is 726 g/mol. The second-order valence-electron chi connectivity index (χ2n) is 11.4. The van der Waals surface area contributed by atoms with Crippen LogP contribution in [0.25, 0.3) is 10.9 Å². The highest BCUT2D eigenvalue weighted by molar-refractivity contribution is 14.1. The van der Waals surface area contributed by atoms with Crippen molar-refractivity contribution in [2.24, 2.45) is 5.41 Å². The highest BCUT2D eigenvalue weighted by atomic mass is 127. The first-order valence-corrected chi connectivity index (χ1v) is 15.2. The molecule has 1 saturated heterocycles. The number of ether oxygens (including phenoxy) is 3. The van der Waals surface area contributed by atoms with E-state index in [1.165, 1.54) is 4.90 Å². The lowest BCUT2D eigenvalue weighted by molar-refractivity contribution is -0.0212. The summed E-state index contributed by atoms with van der Waals surface area (Å²) in [5.41, 5.74) is 1.56. The summed E-state index contributed by atoms with van der Waals surface area (Å²) in [7, 11) is 1.64. The number of carboxylic acid groups (broad SMARTS) is 1. The Labute approximate surface area is 258 Å². The number of halogens is 2. The average Bonchev–Trinajstić information content (AvgIpc) is 3.39. The van der Waals surface area contributed by atoms with Crippen LogP contribution in [0.15, 0.2) is 46.9 Å². The number of anilines is 1. The predicted molar refractivity (Wildman–Crippen MR) is 170 cm³/mol. The Kier molecular flexibility index (Phi) is 9.41. The number of aromatic nitrogens is 1. The van der Waals surface area contributed by atoms with Crippen molar-refractivity contribution in [3.05, 3.63) is 56.1 Å². The standard InChI is InChI=1S/C30H37BrIN3O5/c1-18(38-6)17-39-24-15-23(33-20-12-13-35(16-20)28(36)37)21-14-22(32)25(31)27(26(21)34-24)40-30(5,29(2,3)4)19-10-8-7-9-11-19/h7-11,14-15,18,20H,12-13,16-17H2,1-6H3,(H,33,34)(H,36,37)/t18-,20-,30?/m0/s1. The van der Waals surface area contributed by atoms with E-state index in [1.54, 1.807) is 7.11 Å². The summed E-state index contributed by atoms with van der Waals surface area (Å²) in [6.45, 7) is 11.8. The molecule has 1 aliphatic heterocycles. The summed E-state index contributed by atoms with van der Waals surface area (Å²) >= 11 is 6.10. The van der Waals surface area contributed by atoms with Gasteiger partial charge in [0, 0.05) is 52.4 Å². The largest absolute Gasteiger partial charge is 0.479 e. The van der Waals surface area contributed by atoms with E-state index in [-0.39, 0.29) is 17.6 Å². The molecule has 2 aromatic carbocycles. The van der Waals surface area contributed by atoms with Gasteiger partial charge in [0.15, 0.2) is 5.75 Å². The second kappa shape index (κ2) is 12.3. The summed E-state index contributed by atoms with van der Waals surface area (Å²) in [4.78, 5) is 17.9. The summed E-state index contributed by atoms with van der Waals surface area (Å²) in [5.74, 6) is 1.05. The normalized spacial score (nSPS) is 17.9. The van der Waals surface area contributed by atoms with Gasteiger partial charge in [-0.3, -0.25) is 0 Å². The molecule has 1 aromatic heterocycles. The lowest BCUT2D eigenvalue weighted by Gasteiger charge is -2.43. The smallest absolute Gasteiger partial charge is 0.407 e. The lowest BCUT2D eigenvalue weighted by atomic mass is 9.73. The molecular formula is C30H37BrIN3O5. The van der Waals surface area contributed by atoms with Crippen LogP contribution in [0.5, 0.6) is 11.6 Å². The Morgan fingerprint density at radius 1 is 1.25 bits per heavy atom. The van der Waals surface area contributed by atoms with Crippen molar-refractivity contribution < 1.29 is 24.1 Å². The van der Waals surface area contributed by atoms with Crippen LogP contribution in [0.1, 0.15) is 46.6 Å². The van der Waals surface area contributed by atoms with E-state index in [9.17, 15) is 9.90 Å². The Hall–Kier alpha value is -2.31. The maximum Gasteiger partial charge on any atom is 0.407 e. The van der Waals surface area contributed by atoms with Gasteiger partial charge in [0.05, 0.1) is 10.6 Å². The van der Waals surface area contributed by atoms with Gasteiger partial charge in [-0.15, -0.1) is 0 Å². The first kappa shape index (κ1) is 30.6. The number of carbonyl (C=O) groups is 1. The molecule has 0 aliphatic carbocycles. The Balaban J connectivity index is 1.87. The van der Waals surface area contributed by atoms with Gasteiger partial charge < -0.3 is 29.5 Å². The molecule has 0 spiro atoms. The SMILES string of the molecule is CO[C@@H](C)COc1cc(N[C@H]2CCN(C(=O)O)C2)c2cc(I)c(Br)c(OC(C)(c3ccccc3)C(C)(C)C)c2n1. The number of pyridine rings is 1. The van der Waals surface area contributed by atoms with Crippen molar-refractivity contribution in [2.75, 3.05) is 32.1 Å². The number of hydrogen-bond acceptors (Lipinski definition) is 6. The lowest BCUT2D eigenvalue weighted by Crippen LogP contribution is -2.42. The van der Waals surface area contributed by atoms with Crippen LogP contribution in [0.3, 0.4) is 0 Å². The van der Waals surface area contributed by atoms with Gasteiger partial charge in [-0.05, 0) is 70.4 Å². The second-order valence-corrected chi connectivity index (χ2v) is 13.3. The summed E-state index contributed by atoms with van der Waals surface area (Å²) in [6.07, 6.45) is -0.313. The fourth-order valence-corrected chi connectivity index (χ4v) is 5.63. The van der Waals surface area contributed by atoms with Crippen LogP contribution in [-0.4, -0.2) is 60.0 Å². The van der Waals surface area contributed by atoms with Crippen LogP contribution in [-0.2, 0) is 10.3 Å². The Bertz CT molecular complexity index is 1370.